The number of amides is 2. The fraction of sp³-hybridized carbons (Fsp3) is 0.0417. The second-order valence-electron chi connectivity index (χ2n) is 6.92. The number of rotatable bonds is 4. The first-order valence-corrected chi connectivity index (χ1v) is 9.68. The van der Waals surface area contributed by atoms with Gasteiger partial charge in [0.15, 0.2) is 0 Å². The van der Waals surface area contributed by atoms with E-state index >= 15 is 0 Å². The molecule has 5 nitrogen and oxygen atoms in total. The predicted molar refractivity (Wildman–Crippen MR) is 120 cm³/mol. The smallest absolute Gasteiger partial charge is 0.256 e. The summed E-state index contributed by atoms with van der Waals surface area (Å²) in [5.41, 5.74) is 9.46. The lowest BCUT2D eigenvalue weighted by molar-refractivity contribution is 0.100. The Kier molecular flexibility index (Phi) is 5.21. The fourth-order valence-electron chi connectivity index (χ4n) is 3.33. The van der Waals surface area contributed by atoms with Gasteiger partial charge < -0.3 is 11.1 Å². The maximum absolute atomic E-state index is 13.3. The average Bonchev–Trinajstić information content (AvgIpc) is 2.73. The normalized spacial score (nSPS) is 10.7. The Morgan fingerprint density at radius 2 is 1.67 bits per heavy atom. The molecule has 0 bridgehead atoms. The van der Waals surface area contributed by atoms with E-state index in [1.165, 1.54) is 0 Å². The molecule has 2 amide bonds. The number of nitrogens with two attached hydrogens (primary N) is 1. The molecule has 0 aliphatic rings. The van der Waals surface area contributed by atoms with E-state index in [2.05, 4.69) is 5.32 Å². The van der Waals surface area contributed by atoms with E-state index in [9.17, 15) is 9.59 Å². The summed E-state index contributed by atoms with van der Waals surface area (Å²) >= 11 is 6.36. The largest absolute Gasteiger partial charge is 0.366 e. The summed E-state index contributed by atoms with van der Waals surface area (Å²) in [7, 11) is 0. The van der Waals surface area contributed by atoms with Gasteiger partial charge in [-0.15, -0.1) is 0 Å². The lowest BCUT2D eigenvalue weighted by Crippen LogP contribution is -2.18. The molecule has 0 aliphatic carbocycles. The summed E-state index contributed by atoms with van der Waals surface area (Å²) < 4.78 is 0. The highest BCUT2D eigenvalue weighted by atomic mass is 35.5. The Labute approximate surface area is 178 Å². The molecular weight excluding hydrogens is 398 g/mol. The summed E-state index contributed by atoms with van der Waals surface area (Å²) in [5.74, 6) is -0.979. The van der Waals surface area contributed by atoms with Crippen LogP contribution in [0.3, 0.4) is 0 Å². The van der Waals surface area contributed by atoms with Gasteiger partial charge in [0.1, 0.15) is 0 Å². The van der Waals surface area contributed by atoms with Crippen LogP contribution in [0, 0.1) is 6.92 Å². The number of hydrogen-bond donors (Lipinski definition) is 2. The van der Waals surface area contributed by atoms with E-state index in [0.717, 1.165) is 11.1 Å². The predicted octanol–water partition coefficient (Wildman–Crippen LogP) is 5.21. The minimum atomic E-state index is -0.613. The third-order valence-electron chi connectivity index (χ3n) is 4.80. The number of aryl methyl sites for hydroxylation is 1. The molecule has 148 valence electrons. The number of carbonyl (C=O) groups is 2. The molecule has 0 saturated heterocycles. The SMILES string of the molecule is Cc1ccc2nc(-c3ccccc3Cl)cc(C(=O)Nc3ccccc3C(N)=O)c2c1. The lowest BCUT2D eigenvalue weighted by atomic mass is 10.0. The Morgan fingerprint density at radius 3 is 2.43 bits per heavy atom. The summed E-state index contributed by atoms with van der Waals surface area (Å²) in [4.78, 5) is 29.7. The molecule has 4 aromatic rings. The van der Waals surface area contributed by atoms with Crippen LogP contribution in [0.5, 0.6) is 0 Å². The zero-order valence-corrected chi connectivity index (χ0v) is 16.9. The zero-order chi connectivity index (χ0) is 21.3. The number of aromatic nitrogens is 1. The van der Waals surface area contributed by atoms with Crippen LogP contribution in [0.15, 0.2) is 72.8 Å². The van der Waals surface area contributed by atoms with Gasteiger partial charge in [-0.3, -0.25) is 9.59 Å². The number of fused-ring (bicyclic) bond motifs is 1. The van der Waals surface area contributed by atoms with Crippen LogP contribution >= 0.6 is 11.6 Å². The highest BCUT2D eigenvalue weighted by Gasteiger charge is 2.17. The van der Waals surface area contributed by atoms with E-state index in [-0.39, 0.29) is 11.5 Å². The number of para-hydroxylation sites is 1. The van der Waals surface area contributed by atoms with E-state index in [4.69, 9.17) is 22.3 Å². The van der Waals surface area contributed by atoms with Gasteiger partial charge in [0, 0.05) is 16.0 Å². The van der Waals surface area contributed by atoms with Crippen molar-refractivity contribution >= 4 is 40.0 Å². The second kappa shape index (κ2) is 7.97. The Bertz CT molecular complexity index is 1300. The van der Waals surface area contributed by atoms with Crippen LogP contribution in [0.2, 0.25) is 5.02 Å². The van der Waals surface area contributed by atoms with Crippen molar-refractivity contribution in [2.75, 3.05) is 5.32 Å². The zero-order valence-electron chi connectivity index (χ0n) is 16.1. The molecule has 0 unspecified atom stereocenters. The van der Waals surface area contributed by atoms with Crippen LogP contribution in [-0.4, -0.2) is 16.8 Å². The van der Waals surface area contributed by atoms with Gasteiger partial charge in [-0.2, -0.15) is 0 Å². The topological polar surface area (TPSA) is 85.1 Å². The molecule has 0 atom stereocenters. The summed E-state index contributed by atoms with van der Waals surface area (Å²) in [6.07, 6.45) is 0. The first kappa shape index (κ1) is 19.6. The van der Waals surface area contributed by atoms with Gasteiger partial charge in [-0.25, -0.2) is 4.98 Å². The van der Waals surface area contributed by atoms with Crippen molar-refractivity contribution in [1.29, 1.82) is 0 Å². The maximum Gasteiger partial charge on any atom is 0.256 e. The maximum atomic E-state index is 13.3. The number of hydrogen-bond acceptors (Lipinski definition) is 3. The number of anilines is 1. The molecule has 30 heavy (non-hydrogen) atoms. The van der Waals surface area contributed by atoms with Crippen LogP contribution in [0.1, 0.15) is 26.3 Å². The van der Waals surface area contributed by atoms with Gasteiger partial charge in [0.05, 0.1) is 28.0 Å². The van der Waals surface area contributed by atoms with Crippen molar-refractivity contribution < 1.29 is 9.59 Å². The van der Waals surface area contributed by atoms with Crippen molar-refractivity contribution in [3.05, 3.63) is 94.5 Å². The molecule has 0 saturated carbocycles. The van der Waals surface area contributed by atoms with E-state index in [1.807, 2.05) is 43.3 Å². The van der Waals surface area contributed by atoms with Crippen LogP contribution in [0.25, 0.3) is 22.2 Å². The van der Waals surface area contributed by atoms with Crippen LogP contribution < -0.4 is 11.1 Å². The molecule has 3 aromatic carbocycles. The number of nitrogens with zero attached hydrogens (tertiary/aromatic N) is 1. The van der Waals surface area contributed by atoms with E-state index in [0.29, 0.717) is 32.9 Å². The summed E-state index contributed by atoms with van der Waals surface area (Å²) in [6, 6.07) is 21.4. The number of benzene rings is 3. The molecule has 3 N–H and O–H groups in total. The van der Waals surface area contributed by atoms with E-state index < -0.39 is 5.91 Å². The lowest BCUT2D eigenvalue weighted by Gasteiger charge is -2.13. The third-order valence-corrected chi connectivity index (χ3v) is 5.13. The highest BCUT2D eigenvalue weighted by molar-refractivity contribution is 6.33. The van der Waals surface area contributed by atoms with Crippen molar-refractivity contribution in [3.63, 3.8) is 0 Å². The van der Waals surface area contributed by atoms with Crippen LogP contribution in [-0.2, 0) is 0 Å². The number of halogens is 1. The Hall–Kier alpha value is -3.70. The molecule has 0 aliphatic heterocycles. The monoisotopic (exact) mass is 415 g/mol. The van der Waals surface area contributed by atoms with Gasteiger partial charge in [-0.1, -0.05) is 53.6 Å². The van der Waals surface area contributed by atoms with Crippen molar-refractivity contribution in [3.8, 4) is 11.3 Å². The second-order valence-corrected chi connectivity index (χ2v) is 7.33. The van der Waals surface area contributed by atoms with Crippen LogP contribution in [0.4, 0.5) is 5.69 Å². The molecule has 4 rings (SSSR count). The Balaban J connectivity index is 1.87. The average molecular weight is 416 g/mol. The minimum absolute atomic E-state index is 0.242. The quantitative estimate of drug-likeness (QED) is 0.479. The van der Waals surface area contributed by atoms with Crippen molar-refractivity contribution in [2.24, 2.45) is 5.73 Å². The molecule has 1 heterocycles. The summed E-state index contributed by atoms with van der Waals surface area (Å²) in [6.45, 7) is 1.95. The highest BCUT2D eigenvalue weighted by Crippen LogP contribution is 2.30. The number of carbonyl (C=O) groups excluding carboxylic acids is 2. The number of primary amides is 1. The number of pyridine rings is 1. The number of nitrogens with one attached hydrogen (secondary N) is 1. The van der Waals surface area contributed by atoms with Gasteiger partial charge in [0.25, 0.3) is 11.8 Å². The van der Waals surface area contributed by atoms with Crippen molar-refractivity contribution in [2.45, 2.75) is 6.92 Å². The fourth-order valence-corrected chi connectivity index (χ4v) is 3.56. The molecular formula is C24H18ClN3O2. The first-order valence-electron chi connectivity index (χ1n) is 9.30. The minimum Gasteiger partial charge on any atom is -0.366 e. The van der Waals surface area contributed by atoms with E-state index in [1.54, 1.807) is 36.4 Å². The molecule has 0 radical (unpaired) electrons. The molecule has 1 aromatic heterocycles. The standard InChI is InChI=1S/C24H18ClN3O2/c1-14-10-11-21-17(12-14)18(13-22(27-21)15-6-2-4-8-19(15)25)24(30)28-20-9-5-3-7-16(20)23(26)29/h2-13H,1H3,(H2,26,29)(H,28,30). The molecule has 6 heteroatoms. The summed E-state index contributed by atoms with van der Waals surface area (Å²) in [5, 5.41) is 4.06. The van der Waals surface area contributed by atoms with Crippen molar-refractivity contribution in [1.82, 2.24) is 4.98 Å². The Morgan fingerprint density at radius 1 is 0.933 bits per heavy atom. The van der Waals surface area contributed by atoms with Gasteiger partial charge >= 0.3 is 0 Å². The molecule has 0 spiro atoms. The first-order chi connectivity index (χ1) is 14.4. The molecule has 0 fully saturated rings. The van der Waals surface area contributed by atoms with Gasteiger partial charge in [0.2, 0.25) is 0 Å². The van der Waals surface area contributed by atoms with Gasteiger partial charge in [-0.05, 0) is 43.3 Å². The third kappa shape index (κ3) is 3.75.